The molecule has 4 aromatic rings. The summed E-state index contributed by atoms with van der Waals surface area (Å²) >= 11 is 0. The summed E-state index contributed by atoms with van der Waals surface area (Å²) in [5.41, 5.74) is 2.96. The van der Waals surface area contributed by atoms with Crippen molar-refractivity contribution in [3.63, 3.8) is 0 Å². The van der Waals surface area contributed by atoms with Gasteiger partial charge >= 0.3 is 6.36 Å². The van der Waals surface area contributed by atoms with E-state index in [1.54, 1.807) is 12.4 Å². The molecule has 6 rings (SSSR count). The Bertz CT molecular complexity index is 1390. The normalized spacial score (nSPS) is 21.5. The van der Waals surface area contributed by atoms with E-state index in [0.717, 1.165) is 31.6 Å². The van der Waals surface area contributed by atoms with E-state index < -0.39 is 6.36 Å². The predicted octanol–water partition coefficient (Wildman–Crippen LogP) is 7.70. The number of ether oxygens (including phenoxy) is 1. The third kappa shape index (κ3) is 6.86. The number of benzene rings is 2. The maximum atomic E-state index is 12.5. The first-order chi connectivity index (χ1) is 19.9. The highest BCUT2D eigenvalue weighted by Crippen LogP contribution is 2.36. The second-order valence-corrected chi connectivity index (χ2v) is 11.1. The zero-order valence-electron chi connectivity index (χ0n) is 22.8. The van der Waals surface area contributed by atoms with Gasteiger partial charge in [-0.2, -0.15) is 5.10 Å². The second kappa shape index (κ2) is 11.9. The van der Waals surface area contributed by atoms with Gasteiger partial charge in [0, 0.05) is 42.8 Å². The summed E-state index contributed by atoms with van der Waals surface area (Å²) in [6.07, 6.45) is 8.87. The van der Waals surface area contributed by atoms with Crippen molar-refractivity contribution in [1.82, 2.24) is 14.8 Å². The Morgan fingerprint density at radius 3 is 2.49 bits per heavy atom. The molecule has 1 saturated heterocycles. The molecule has 1 aliphatic carbocycles. The van der Waals surface area contributed by atoms with Crippen molar-refractivity contribution in [3.8, 4) is 22.8 Å². The van der Waals surface area contributed by atoms with E-state index in [1.807, 2.05) is 16.9 Å². The fourth-order valence-electron chi connectivity index (χ4n) is 6.29. The lowest BCUT2D eigenvalue weighted by molar-refractivity contribution is -0.274. The summed E-state index contributed by atoms with van der Waals surface area (Å²) < 4.78 is 49.2. The van der Waals surface area contributed by atoms with E-state index in [4.69, 9.17) is 4.42 Å². The molecule has 7 nitrogen and oxygen atoms in total. The number of oxazole rings is 1. The van der Waals surface area contributed by atoms with E-state index in [-0.39, 0.29) is 11.8 Å². The largest absolute Gasteiger partial charge is 0.573 e. The lowest BCUT2D eigenvalue weighted by Crippen LogP contribution is -2.39. The summed E-state index contributed by atoms with van der Waals surface area (Å²) in [6, 6.07) is 16.9. The Balaban J connectivity index is 1.06. The number of alkyl halides is 3. The summed E-state index contributed by atoms with van der Waals surface area (Å²) in [5.74, 6) is 1.39. The first-order valence-corrected chi connectivity index (χ1v) is 14.3. The first kappa shape index (κ1) is 27.2. The summed E-state index contributed by atoms with van der Waals surface area (Å²) in [6.45, 7) is 2.13. The van der Waals surface area contributed by atoms with Gasteiger partial charge in [-0.05, 0) is 98.5 Å². The van der Waals surface area contributed by atoms with E-state index in [2.05, 4.69) is 49.3 Å². The average Bonchev–Trinajstić information content (AvgIpc) is 3.67. The van der Waals surface area contributed by atoms with Crippen LogP contribution in [0.2, 0.25) is 0 Å². The van der Waals surface area contributed by atoms with Gasteiger partial charge in [-0.1, -0.05) is 12.8 Å². The van der Waals surface area contributed by atoms with Crippen molar-refractivity contribution in [2.75, 3.05) is 23.3 Å². The smallest absolute Gasteiger partial charge is 0.424 e. The van der Waals surface area contributed by atoms with Crippen LogP contribution < -0.4 is 15.0 Å². The fraction of sp³-hybridized carbons (Fsp3) is 0.419. The molecule has 2 aliphatic rings. The minimum atomic E-state index is -4.72. The highest BCUT2D eigenvalue weighted by Gasteiger charge is 2.32. The Labute approximate surface area is 237 Å². The lowest BCUT2D eigenvalue weighted by atomic mass is 9.77. The number of piperidine rings is 1. The molecule has 216 valence electrons. The van der Waals surface area contributed by atoms with Crippen LogP contribution in [0.3, 0.4) is 0 Å². The van der Waals surface area contributed by atoms with Crippen molar-refractivity contribution in [1.29, 1.82) is 0 Å². The van der Waals surface area contributed by atoms with Crippen LogP contribution in [-0.4, -0.2) is 40.3 Å². The van der Waals surface area contributed by atoms with Gasteiger partial charge < -0.3 is 19.4 Å². The zero-order chi connectivity index (χ0) is 28.2. The number of anilines is 2. The number of nitrogens with one attached hydrogen (secondary N) is 1. The molecule has 10 heteroatoms. The van der Waals surface area contributed by atoms with Crippen LogP contribution in [0.15, 0.2) is 77.6 Å². The standard InChI is InChI=1S/C31H34F3N5O2/c32-31(33,34)41-27-14-8-23(9-15-27)29-20-35-30(40-29)37-28-7-2-1-6-24(28)19-22-5-3-17-38(21-22)25-10-12-26(13-11-25)39-18-4-16-36-39/h4,8-16,18,20,22,24,28H,1-3,5-7,17,19,21H2,(H,35,37)/t22-,24+,28-/m1/s1. The average molecular weight is 566 g/mol. The minimum absolute atomic E-state index is 0.267. The van der Waals surface area contributed by atoms with Crippen LogP contribution in [0.5, 0.6) is 5.75 Å². The molecule has 2 aromatic carbocycles. The lowest BCUT2D eigenvalue weighted by Gasteiger charge is -2.39. The monoisotopic (exact) mass is 565 g/mol. The van der Waals surface area contributed by atoms with Crippen LogP contribution in [0.4, 0.5) is 24.9 Å². The maximum absolute atomic E-state index is 12.5. The molecule has 0 amide bonds. The quantitative estimate of drug-likeness (QED) is 0.236. The van der Waals surface area contributed by atoms with Crippen LogP contribution >= 0.6 is 0 Å². The molecule has 2 fully saturated rings. The van der Waals surface area contributed by atoms with Crippen molar-refractivity contribution >= 4 is 11.7 Å². The molecule has 1 N–H and O–H groups in total. The minimum Gasteiger partial charge on any atom is -0.424 e. The van der Waals surface area contributed by atoms with E-state index >= 15 is 0 Å². The van der Waals surface area contributed by atoms with Crippen LogP contribution in [0.1, 0.15) is 44.9 Å². The number of hydrogen-bond donors (Lipinski definition) is 1. The summed E-state index contributed by atoms with van der Waals surface area (Å²) in [7, 11) is 0. The third-order valence-electron chi connectivity index (χ3n) is 8.23. The van der Waals surface area contributed by atoms with Crippen LogP contribution in [0.25, 0.3) is 17.0 Å². The molecular weight excluding hydrogens is 531 g/mol. The van der Waals surface area contributed by atoms with E-state index in [0.29, 0.717) is 29.2 Å². The summed E-state index contributed by atoms with van der Waals surface area (Å²) in [4.78, 5) is 6.94. The molecule has 1 saturated carbocycles. The van der Waals surface area contributed by atoms with Crippen molar-refractivity contribution in [2.45, 2.75) is 57.3 Å². The molecular formula is C31H34F3N5O2. The van der Waals surface area contributed by atoms with Gasteiger partial charge in [0.1, 0.15) is 5.75 Å². The molecule has 0 bridgehead atoms. The topological polar surface area (TPSA) is 68.3 Å². The Morgan fingerprint density at radius 2 is 1.73 bits per heavy atom. The predicted molar refractivity (Wildman–Crippen MR) is 151 cm³/mol. The first-order valence-electron chi connectivity index (χ1n) is 14.3. The zero-order valence-corrected chi connectivity index (χ0v) is 22.8. The summed E-state index contributed by atoms with van der Waals surface area (Å²) in [5, 5.41) is 7.86. The number of halogens is 3. The number of aromatic nitrogens is 3. The fourth-order valence-corrected chi connectivity index (χ4v) is 6.29. The molecule has 3 heterocycles. The Hall–Kier alpha value is -3.95. The molecule has 1 aliphatic heterocycles. The number of hydrogen-bond acceptors (Lipinski definition) is 6. The molecule has 0 spiro atoms. The molecule has 0 radical (unpaired) electrons. The van der Waals surface area contributed by atoms with Gasteiger partial charge in [-0.15, -0.1) is 13.2 Å². The van der Waals surface area contributed by atoms with Crippen LogP contribution in [-0.2, 0) is 0 Å². The van der Waals surface area contributed by atoms with Gasteiger partial charge in [-0.25, -0.2) is 9.67 Å². The van der Waals surface area contributed by atoms with Crippen molar-refractivity contribution in [3.05, 3.63) is 73.2 Å². The van der Waals surface area contributed by atoms with Gasteiger partial charge in [0.15, 0.2) is 5.76 Å². The second-order valence-electron chi connectivity index (χ2n) is 11.1. The number of nitrogens with zero attached hydrogens (tertiary/aromatic N) is 4. The third-order valence-corrected chi connectivity index (χ3v) is 8.23. The van der Waals surface area contributed by atoms with E-state index in [9.17, 15) is 13.2 Å². The van der Waals surface area contributed by atoms with E-state index in [1.165, 1.54) is 62.1 Å². The highest BCUT2D eigenvalue weighted by atomic mass is 19.4. The number of rotatable bonds is 8. The SMILES string of the molecule is FC(F)(F)Oc1ccc(-c2cnc(N[C@@H]3CCCC[C@H]3C[C@H]3CCCN(c4ccc(-n5cccn5)cc4)C3)o2)cc1. The van der Waals surface area contributed by atoms with Gasteiger partial charge in [0.2, 0.25) is 0 Å². The molecule has 0 unspecified atom stereocenters. The molecule has 3 atom stereocenters. The molecule has 41 heavy (non-hydrogen) atoms. The van der Waals surface area contributed by atoms with Gasteiger partial charge in [-0.3, -0.25) is 0 Å². The maximum Gasteiger partial charge on any atom is 0.573 e. The van der Waals surface area contributed by atoms with Gasteiger partial charge in [0.05, 0.1) is 11.9 Å². The van der Waals surface area contributed by atoms with Gasteiger partial charge in [0.25, 0.3) is 6.01 Å². The van der Waals surface area contributed by atoms with Crippen LogP contribution in [0, 0.1) is 11.8 Å². The highest BCUT2D eigenvalue weighted by molar-refractivity contribution is 5.58. The Morgan fingerprint density at radius 1 is 0.951 bits per heavy atom. The van der Waals surface area contributed by atoms with Crippen molar-refractivity contribution < 1.29 is 22.3 Å². The Kier molecular flexibility index (Phi) is 7.89. The van der Waals surface area contributed by atoms with Crippen molar-refractivity contribution in [2.24, 2.45) is 11.8 Å². The molecule has 2 aromatic heterocycles.